The SMILES string of the molecule is CC(=O)O[C@H]1C[C@@H](C)C2[C@@H](O)[C@H](O)[C@@]3(C)CC(C)(C)C1[C@]23O. The van der Waals surface area contributed by atoms with Crippen LogP contribution in [-0.4, -0.2) is 45.2 Å². The van der Waals surface area contributed by atoms with E-state index in [-0.39, 0.29) is 35.2 Å². The van der Waals surface area contributed by atoms with Gasteiger partial charge in [0.25, 0.3) is 0 Å². The van der Waals surface area contributed by atoms with E-state index in [2.05, 4.69) is 13.8 Å². The molecule has 0 spiro atoms. The smallest absolute Gasteiger partial charge is 0.302 e. The van der Waals surface area contributed by atoms with Crippen molar-refractivity contribution in [1.82, 2.24) is 0 Å². The predicted molar refractivity (Wildman–Crippen MR) is 79.8 cm³/mol. The molecule has 3 rings (SSSR count). The van der Waals surface area contributed by atoms with Crippen LogP contribution >= 0.6 is 0 Å². The van der Waals surface area contributed by atoms with E-state index in [9.17, 15) is 20.1 Å². The summed E-state index contributed by atoms with van der Waals surface area (Å²) in [5, 5.41) is 32.9. The topological polar surface area (TPSA) is 87.0 Å². The summed E-state index contributed by atoms with van der Waals surface area (Å²) in [4.78, 5) is 11.5. The number of esters is 1. The van der Waals surface area contributed by atoms with E-state index in [0.717, 1.165) is 0 Å². The lowest BCUT2D eigenvalue weighted by atomic mass is 9.58. The molecule has 3 aliphatic carbocycles. The largest absolute Gasteiger partial charge is 0.462 e. The molecule has 0 aromatic carbocycles. The average Bonchev–Trinajstić information content (AvgIpc) is 2.58. The second-order valence-electron chi connectivity index (χ2n) is 8.71. The van der Waals surface area contributed by atoms with Gasteiger partial charge in [0.2, 0.25) is 0 Å². The minimum Gasteiger partial charge on any atom is -0.462 e. The number of aliphatic hydroxyl groups excluding tert-OH is 2. The van der Waals surface area contributed by atoms with Crippen LogP contribution in [0.15, 0.2) is 0 Å². The molecule has 3 N–H and O–H groups in total. The first kappa shape index (κ1) is 16.2. The fraction of sp³-hybridized carbons (Fsp3) is 0.941. The first-order valence-electron chi connectivity index (χ1n) is 8.22. The van der Waals surface area contributed by atoms with Crippen LogP contribution in [-0.2, 0) is 9.53 Å². The number of rotatable bonds is 1. The Bertz CT molecular complexity index is 503. The van der Waals surface area contributed by atoms with Gasteiger partial charge in [-0.1, -0.05) is 27.7 Å². The zero-order chi connectivity index (χ0) is 16.7. The van der Waals surface area contributed by atoms with Gasteiger partial charge in [0.05, 0.1) is 17.8 Å². The van der Waals surface area contributed by atoms with Gasteiger partial charge in [0.15, 0.2) is 0 Å². The van der Waals surface area contributed by atoms with Gasteiger partial charge in [-0.2, -0.15) is 0 Å². The molecular weight excluding hydrogens is 284 g/mol. The standard InChI is InChI=1S/C17H28O5/c1-8-6-10(22-9(2)18)13-15(3,4)7-16(5)14(20)12(19)11(8)17(13,16)21/h8,10-14,19-21H,6-7H2,1-5H3/t8-,10+,11?,12-,13?,14+,16-,17-/m1/s1. The van der Waals surface area contributed by atoms with E-state index in [1.54, 1.807) is 0 Å². The maximum atomic E-state index is 11.7. The van der Waals surface area contributed by atoms with Crippen molar-refractivity contribution < 1.29 is 24.9 Å². The van der Waals surface area contributed by atoms with Crippen LogP contribution in [0, 0.1) is 28.6 Å². The molecule has 5 nitrogen and oxygen atoms in total. The molecule has 22 heavy (non-hydrogen) atoms. The minimum atomic E-state index is -1.22. The molecule has 8 atom stereocenters. The zero-order valence-corrected chi connectivity index (χ0v) is 14.0. The molecule has 0 saturated heterocycles. The predicted octanol–water partition coefficient (Wildman–Crippen LogP) is 1.09. The van der Waals surface area contributed by atoms with Crippen molar-refractivity contribution in [2.75, 3.05) is 0 Å². The normalized spacial score (nSPS) is 55.8. The van der Waals surface area contributed by atoms with Crippen molar-refractivity contribution in [3.63, 3.8) is 0 Å². The maximum Gasteiger partial charge on any atom is 0.302 e. The minimum absolute atomic E-state index is 0.0222. The third kappa shape index (κ3) is 1.68. The molecule has 0 amide bonds. The van der Waals surface area contributed by atoms with Crippen LogP contribution in [0.4, 0.5) is 0 Å². The summed E-state index contributed by atoms with van der Waals surface area (Å²) in [6.07, 6.45) is -1.05. The van der Waals surface area contributed by atoms with Crippen LogP contribution in [0.1, 0.15) is 47.5 Å². The van der Waals surface area contributed by atoms with E-state index in [0.29, 0.717) is 12.8 Å². The molecule has 5 heteroatoms. The Kier molecular flexibility index (Phi) is 3.28. The van der Waals surface area contributed by atoms with Gasteiger partial charge in [-0.3, -0.25) is 4.79 Å². The third-order valence-electron chi connectivity index (χ3n) is 6.81. The van der Waals surface area contributed by atoms with Crippen molar-refractivity contribution >= 4 is 5.97 Å². The van der Waals surface area contributed by atoms with Gasteiger partial charge in [0.1, 0.15) is 6.10 Å². The van der Waals surface area contributed by atoms with Crippen LogP contribution in [0.2, 0.25) is 0 Å². The third-order valence-corrected chi connectivity index (χ3v) is 6.81. The molecule has 0 bridgehead atoms. The molecule has 0 aliphatic heterocycles. The van der Waals surface area contributed by atoms with Gasteiger partial charge in [-0.15, -0.1) is 0 Å². The van der Waals surface area contributed by atoms with Gasteiger partial charge >= 0.3 is 5.97 Å². The first-order valence-corrected chi connectivity index (χ1v) is 8.22. The second kappa shape index (κ2) is 4.46. The van der Waals surface area contributed by atoms with Gasteiger partial charge < -0.3 is 20.1 Å². The van der Waals surface area contributed by atoms with Crippen molar-refractivity contribution in [3.8, 4) is 0 Å². The maximum absolute atomic E-state index is 11.7. The van der Waals surface area contributed by atoms with Crippen LogP contribution < -0.4 is 0 Å². The number of ether oxygens (including phenoxy) is 1. The van der Waals surface area contributed by atoms with E-state index in [1.807, 2.05) is 13.8 Å². The molecule has 0 aromatic rings. The van der Waals surface area contributed by atoms with Crippen molar-refractivity contribution in [2.45, 2.75) is 71.4 Å². The fourth-order valence-electron chi connectivity index (χ4n) is 6.45. The molecule has 3 fully saturated rings. The Balaban J connectivity index is 2.14. The number of aliphatic hydroxyl groups is 3. The highest BCUT2D eigenvalue weighted by atomic mass is 16.5. The summed E-state index contributed by atoms with van der Waals surface area (Å²) in [6, 6.07) is 0. The van der Waals surface area contributed by atoms with Gasteiger partial charge in [-0.05, 0) is 24.2 Å². The van der Waals surface area contributed by atoms with Crippen LogP contribution in [0.5, 0.6) is 0 Å². The highest BCUT2D eigenvalue weighted by Gasteiger charge is 2.79. The molecule has 3 saturated carbocycles. The number of carbonyl (C=O) groups is 1. The summed E-state index contributed by atoms with van der Waals surface area (Å²) in [6.45, 7) is 9.33. The first-order chi connectivity index (χ1) is 9.96. The Hall–Kier alpha value is -0.650. The lowest BCUT2D eigenvalue weighted by Crippen LogP contribution is -2.60. The fourth-order valence-corrected chi connectivity index (χ4v) is 6.45. The monoisotopic (exact) mass is 312 g/mol. The zero-order valence-electron chi connectivity index (χ0n) is 14.0. The second-order valence-corrected chi connectivity index (χ2v) is 8.71. The molecule has 0 radical (unpaired) electrons. The summed E-state index contributed by atoms with van der Waals surface area (Å²) in [7, 11) is 0. The molecule has 126 valence electrons. The van der Waals surface area contributed by atoms with Crippen LogP contribution in [0.25, 0.3) is 0 Å². The number of carbonyl (C=O) groups excluding carboxylic acids is 1. The highest BCUT2D eigenvalue weighted by molar-refractivity contribution is 5.66. The van der Waals surface area contributed by atoms with Crippen LogP contribution in [0.3, 0.4) is 0 Å². The molecule has 2 unspecified atom stereocenters. The Labute approximate surface area is 131 Å². The highest BCUT2D eigenvalue weighted by Crippen LogP contribution is 2.72. The molecule has 0 heterocycles. The van der Waals surface area contributed by atoms with Gasteiger partial charge in [-0.25, -0.2) is 0 Å². The van der Waals surface area contributed by atoms with Crippen molar-refractivity contribution in [2.24, 2.45) is 28.6 Å². The summed E-state index contributed by atoms with van der Waals surface area (Å²) >= 11 is 0. The molecule has 3 aliphatic rings. The van der Waals surface area contributed by atoms with E-state index < -0.39 is 23.2 Å². The Morgan fingerprint density at radius 2 is 1.82 bits per heavy atom. The number of hydrogen-bond donors (Lipinski definition) is 3. The molecular formula is C17H28O5. The summed E-state index contributed by atoms with van der Waals surface area (Å²) < 4.78 is 5.55. The lowest BCUT2D eigenvalue weighted by molar-refractivity contribution is -0.203. The van der Waals surface area contributed by atoms with E-state index in [1.165, 1.54) is 6.92 Å². The summed E-state index contributed by atoms with van der Waals surface area (Å²) in [5.41, 5.74) is -2.27. The van der Waals surface area contributed by atoms with Crippen molar-refractivity contribution in [1.29, 1.82) is 0 Å². The summed E-state index contributed by atoms with van der Waals surface area (Å²) in [5.74, 6) is -1.03. The van der Waals surface area contributed by atoms with E-state index >= 15 is 0 Å². The average molecular weight is 312 g/mol. The quantitative estimate of drug-likeness (QED) is 0.631. The Morgan fingerprint density at radius 1 is 1.23 bits per heavy atom. The lowest BCUT2D eigenvalue weighted by Gasteiger charge is -2.52. The number of hydrogen-bond acceptors (Lipinski definition) is 5. The molecule has 0 aromatic heterocycles. The van der Waals surface area contributed by atoms with Gasteiger partial charge in [0, 0.05) is 24.2 Å². The van der Waals surface area contributed by atoms with E-state index in [4.69, 9.17) is 4.74 Å². The Morgan fingerprint density at radius 3 is 2.36 bits per heavy atom. The van der Waals surface area contributed by atoms with Crippen molar-refractivity contribution in [3.05, 3.63) is 0 Å².